The number of carbonyl (C=O) groups is 2. The number of ether oxygens (including phenoxy) is 2. The number of hydrogen-bond donors (Lipinski definition) is 1. The van der Waals surface area contributed by atoms with Crippen molar-refractivity contribution in [1.82, 2.24) is 9.62 Å². The lowest BCUT2D eigenvalue weighted by atomic mass is 9.86. The van der Waals surface area contributed by atoms with Crippen molar-refractivity contribution in [1.29, 1.82) is 0 Å². The van der Waals surface area contributed by atoms with E-state index in [0.29, 0.717) is 0 Å². The van der Waals surface area contributed by atoms with E-state index in [4.69, 9.17) is 9.47 Å². The van der Waals surface area contributed by atoms with Gasteiger partial charge in [0.1, 0.15) is 11.1 Å². The van der Waals surface area contributed by atoms with Gasteiger partial charge in [-0.05, 0) is 43.9 Å². The number of sulfonamides is 1. The van der Waals surface area contributed by atoms with Crippen LogP contribution in [0.25, 0.3) is 11.1 Å². The van der Waals surface area contributed by atoms with E-state index in [2.05, 4.69) is 4.72 Å². The molecule has 1 fully saturated rings. The van der Waals surface area contributed by atoms with Gasteiger partial charge in [-0.15, -0.1) is 0 Å². The zero-order chi connectivity index (χ0) is 25.1. The van der Waals surface area contributed by atoms with Gasteiger partial charge in [0.25, 0.3) is 0 Å². The molecule has 1 saturated heterocycles. The second-order valence-corrected chi connectivity index (χ2v) is 11.4. The van der Waals surface area contributed by atoms with Gasteiger partial charge in [0.2, 0.25) is 10.0 Å². The maximum atomic E-state index is 13.2. The lowest BCUT2D eigenvalue weighted by Gasteiger charge is -2.36. The molecular formula is C25H32N2O6S. The Hall–Kier alpha value is -2.91. The van der Waals surface area contributed by atoms with Crippen molar-refractivity contribution < 1.29 is 27.5 Å². The third-order valence-electron chi connectivity index (χ3n) is 5.59. The van der Waals surface area contributed by atoms with Crippen LogP contribution >= 0.6 is 0 Å². The van der Waals surface area contributed by atoms with Crippen LogP contribution in [0.1, 0.15) is 32.8 Å². The molecule has 1 amide bonds. The second-order valence-electron chi connectivity index (χ2n) is 9.65. The summed E-state index contributed by atoms with van der Waals surface area (Å²) in [6.45, 7) is 5.18. The first-order valence-corrected chi connectivity index (χ1v) is 12.9. The lowest BCUT2D eigenvalue weighted by Crippen LogP contribution is -2.56. The first kappa shape index (κ1) is 25.7. The average molecular weight is 489 g/mol. The van der Waals surface area contributed by atoms with Crippen LogP contribution in [-0.4, -0.2) is 62.5 Å². The molecule has 0 aliphatic carbocycles. The number of nitrogens with one attached hydrogen (secondary N) is 1. The van der Waals surface area contributed by atoms with Crippen LogP contribution in [-0.2, 0) is 30.7 Å². The largest absolute Gasteiger partial charge is 0.467 e. The molecule has 9 heteroatoms. The van der Waals surface area contributed by atoms with E-state index in [0.717, 1.165) is 22.9 Å². The topological polar surface area (TPSA) is 102 Å². The first-order valence-electron chi connectivity index (χ1n) is 11.0. The molecule has 1 aliphatic rings. The van der Waals surface area contributed by atoms with Gasteiger partial charge < -0.3 is 9.47 Å². The van der Waals surface area contributed by atoms with Gasteiger partial charge in [0.05, 0.1) is 13.4 Å². The highest BCUT2D eigenvalue weighted by Gasteiger charge is 2.55. The molecule has 2 aromatic rings. The van der Waals surface area contributed by atoms with E-state index in [-0.39, 0.29) is 19.4 Å². The van der Waals surface area contributed by atoms with Gasteiger partial charge in [0, 0.05) is 19.0 Å². The molecule has 2 aromatic carbocycles. The first-order chi connectivity index (χ1) is 15.8. The summed E-state index contributed by atoms with van der Waals surface area (Å²) in [6, 6.07) is 16.8. The normalized spacial score (nSPS) is 20.7. The molecular weight excluding hydrogens is 456 g/mol. The highest BCUT2D eigenvalue weighted by molar-refractivity contribution is 7.88. The Balaban J connectivity index is 2.04. The summed E-state index contributed by atoms with van der Waals surface area (Å²) in [5.74, 6) is -0.624. The quantitative estimate of drug-likeness (QED) is 0.626. The number of carbonyl (C=O) groups excluding carboxylic acids is 2. The van der Waals surface area contributed by atoms with Crippen molar-refractivity contribution in [3.63, 3.8) is 0 Å². The maximum Gasteiger partial charge on any atom is 0.411 e. The van der Waals surface area contributed by atoms with Gasteiger partial charge in [-0.1, -0.05) is 54.6 Å². The predicted molar refractivity (Wildman–Crippen MR) is 130 cm³/mol. The van der Waals surface area contributed by atoms with E-state index in [1.54, 1.807) is 20.8 Å². The molecule has 3 rings (SSSR count). The highest BCUT2D eigenvalue weighted by Crippen LogP contribution is 2.36. The van der Waals surface area contributed by atoms with Crippen LogP contribution in [0.15, 0.2) is 54.6 Å². The SMILES string of the molecule is COC(=O)[C@]1(Cc2cccc(-c3ccccc3)c2)C[C@@H](NS(C)(=O)=O)CN1C(=O)OC(C)(C)C. The molecule has 184 valence electrons. The molecule has 0 spiro atoms. The molecule has 0 saturated carbocycles. The number of nitrogens with zero attached hydrogens (tertiary/aromatic N) is 1. The molecule has 1 N–H and O–H groups in total. The molecule has 0 unspecified atom stereocenters. The average Bonchev–Trinajstić information content (AvgIpc) is 3.10. The fourth-order valence-corrected chi connectivity index (χ4v) is 5.14. The van der Waals surface area contributed by atoms with E-state index in [1.165, 1.54) is 12.0 Å². The summed E-state index contributed by atoms with van der Waals surface area (Å²) in [6.07, 6.45) is 0.546. The van der Waals surface area contributed by atoms with Crippen LogP contribution in [0.5, 0.6) is 0 Å². The standard InChI is InChI=1S/C25H32N2O6S/c1-24(2,3)33-23(29)27-17-21(26-34(5,30)31)16-25(27,22(28)32-4)15-18-10-9-13-20(14-18)19-11-7-6-8-12-19/h6-14,21,26H,15-17H2,1-5H3/t21-,25+/m1/s1. The van der Waals surface area contributed by atoms with Crippen LogP contribution in [0, 0.1) is 0 Å². The fourth-order valence-electron chi connectivity index (χ4n) is 4.38. The van der Waals surface area contributed by atoms with Crippen LogP contribution in [0.2, 0.25) is 0 Å². The molecule has 2 atom stereocenters. The van der Waals surface area contributed by atoms with Gasteiger partial charge in [-0.3, -0.25) is 4.90 Å². The van der Waals surface area contributed by atoms with Gasteiger partial charge in [-0.2, -0.15) is 0 Å². The van der Waals surface area contributed by atoms with Crippen molar-refractivity contribution in [3.05, 3.63) is 60.2 Å². The monoisotopic (exact) mass is 488 g/mol. The van der Waals surface area contributed by atoms with Crippen LogP contribution in [0.4, 0.5) is 4.79 Å². The summed E-state index contributed by atoms with van der Waals surface area (Å²) in [5, 5.41) is 0. The number of esters is 1. The second kappa shape index (κ2) is 9.76. The molecule has 34 heavy (non-hydrogen) atoms. The maximum absolute atomic E-state index is 13.2. The molecule has 8 nitrogen and oxygen atoms in total. The number of benzene rings is 2. The summed E-state index contributed by atoms with van der Waals surface area (Å²) >= 11 is 0. The predicted octanol–water partition coefficient (Wildman–Crippen LogP) is 3.37. The third-order valence-corrected chi connectivity index (χ3v) is 6.36. The van der Waals surface area contributed by atoms with Crippen molar-refractivity contribution >= 4 is 22.1 Å². The molecule has 1 aliphatic heterocycles. The Labute approximate surface area is 201 Å². The molecule has 0 bridgehead atoms. The third kappa shape index (κ3) is 6.15. The van der Waals surface area contributed by atoms with Crippen LogP contribution in [0.3, 0.4) is 0 Å². The Morgan fingerprint density at radius 2 is 1.74 bits per heavy atom. The van der Waals surface area contributed by atoms with Crippen molar-refractivity contribution in [3.8, 4) is 11.1 Å². The summed E-state index contributed by atoms with van der Waals surface area (Å²) < 4.78 is 37.1. The van der Waals surface area contributed by atoms with Crippen molar-refractivity contribution in [2.24, 2.45) is 0 Å². The Kier molecular flexibility index (Phi) is 7.38. The van der Waals surface area contributed by atoms with E-state index in [9.17, 15) is 18.0 Å². The van der Waals surface area contributed by atoms with Gasteiger partial charge in [-0.25, -0.2) is 22.7 Å². The van der Waals surface area contributed by atoms with E-state index < -0.39 is 39.3 Å². The van der Waals surface area contributed by atoms with Crippen LogP contribution < -0.4 is 4.72 Å². The van der Waals surface area contributed by atoms with E-state index in [1.807, 2.05) is 54.6 Å². The van der Waals surface area contributed by atoms with Crippen molar-refractivity contribution in [2.45, 2.75) is 50.8 Å². The fraction of sp³-hybridized carbons (Fsp3) is 0.440. The number of methoxy groups -OCH3 is 1. The summed E-state index contributed by atoms with van der Waals surface area (Å²) in [7, 11) is -2.31. The minimum Gasteiger partial charge on any atom is -0.467 e. The Morgan fingerprint density at radius 3 is 2.32 bits per heavy atom. The number of rotatable bonds is 6. The minimum absolute atomic E-state index is 0.0184. The smallest absolute Gasteiger partial charge is 0.411 e. The number of amides is 1. The number of likely N-dealkylation sites (tertiary alicyclic amines) is 1. The van der Waals surface area contributed by atoms with Gasteiger partial charge in [0.15, 0.2) is 0 Å². The van der Waals surface area contributed by atoms with Crippen molar-refractivity contribution in [2.75, 3.05) is 19.9 Å². The zero-order valence-corrected chi connectivity index (χ0v) is 21.0. The molecule has 1 heterocycles. The summed E-state index contributed by atoms with van der Waals surface area (Å²) in [5.41, 5.74) is 0.554. The highest BCUT2D eigenvalue weighted by atomic mass is 32.2. The summed E-state index contributed by atoms with van der Waals surface area (Å²) in [4.78, 5) is 27.8. The Bertz CT molecular complexity index is 1140. The Morgan fingerprint density at radius 1 is 1.09 bits per heavy atom. The lowest BCUT2D eigenvalue weighted by molar-refractivity contribution is -0.153. The molecule has 0 radical (unpaired) electrons. The number of hydrogen-bond acceptors (Lipinski definition) is 6. The van der Waals surface area contributed by atoms with E-state index >= 15 is 0 Å². The zero-order valence-electron chi connectivity index (χ0n) is 20.2. The minimum atomic E-state index is -3.57. The molecule has 0 aromatic heterocycles. The van der Waals surface area contributed by atoms with Gasteiger partial charge >= 0.3 is 12.1 Å².